The molecule has 3 aromatic heterocycles. The van der Waals surface area contributed by atoms with Gasteiger partial charge in [-0.3, -0.25) is 14.5 Å². The highest BCUT2D eigenvalue weighted by molar-refractivity contribution is 5.81. The first kappa shape index (κ1) is 20.4. The molecule has 0 radical (unpaired) electrons. The molecule has 0 aliphatic rings. The van der Waals surface area contributed by atoms with Gasteiger partial charge in [-0.05, 0) is 35.4 Å². The number of aliphatic carboxylic acids is 1. The molecule has 0 amide bonds. The molecule has 0 saturated heterocycles. The van der Waals surface area contributed by atoms with Crippen LogP contribution in [0.5, 0.6) is 5.88 Å². The van der Waals surface area contributed by atoms with Crippen LogP contribution in [0, 0.1) is 0 Å². The summed E-state index contributed by atoms with van der Waals surface area (Å²) >= 11 is 0. The number of ether oxygens (including phenoxy) is 1. The highest BCUT2D eigenvalue weighted by atomic mass is 16.5. The number of pyridine rings is 2. The van der Waals surface area contributed by atoms with Gasteiger partial charge in [-0.15, -0.1) is 5.10 Å². The Bertz CT molecular complexity index is 1410. The second kappa shape index (κ2) is 8.92. The van der Waals surface area contributed by atoms with Crippen LogP contribution in [0.1, 0.15) is 5.56 Å². The molecule has 0 aliphatic heterocycles. The van der Waals surface area contributed by atoms with Gasteiger partial charge in [-0.2, -0.15) is 0 Å². The van der Waals surface area contributed by atoms with Crippen molar-refractivity contribution >= 4 is 16.9 Å². The van der Waals surface area contributed by atoms with E-state index in [9.17, 15) is 4.79 Å². The maximum atomic E-state index is 11.1. The number of para-hydroxylation sites is 1. The van der Waals surface area contributed by atoms with E-state index in [1.807, 2.05) is 66.7 Å². The molecule has 3 heterocycles. The van der Waals surface area contributed by atoms with Gasteiger partial charge in [-0.1, -0.05) is 48.5 Å². The summed E-state index contributed by atoms with van der Waals surface area (Å²) in [4.78, 5) is 19.9. The molecule has 5 rings (SSSR count). The molecule has 5 aromatic rings. The summed E-state index contributed by atoms with van der Waals surface area (Å²) in [5, 5.41) is 14.5. The van der Waals surface area contributed by atoms with Crippen molar-refractivity contribution in [1.29, 1.82) is 0 Å². The van der Waals surface area contributed by atoms with Crippen LogP contribution in [-0.4, -0.2) is 30.8 Å². The van der Waals surface area contributed by atoms with Crippen LogP contribution >= 0.6 is 0 Å². The monoisotopic (exact) mass is 436 g/mol. The van der Waals surface area contributed by atoms with Crippen LogP contribution in [0.2, 0.25) is 0 Å². The molecule has 1 N–H and O–H groups in total. The summed E-state index contributed by atoms with van der Waals surface area (Å²) in [5.41, 5.74) is 5.43. The number of benzene rings is 2. The predicted octanol–water partition coefficient (Wildman–Crippen LogP) is 4.82. The molecule has 0 spiro atoms. The van der Waals surface area contributed by atoms with Gasteiger partial charge in [0.15, 0.2) is 0 Å². The van der Waals surface area contributed by atoms with E-state index in [0.717, 1.165) is 38.9 Å². The molecule has 162 valence electrons. The van der Waals surface area contributed by atoms with Crippen molar-refractivity contribution in [2.45, 2.75) is 13.2 Å². The molecule has 0 atom stereocenters. The summed E-state index contributed by atoms with van der Waals surface area (Å²) in [6.45, 7) is 0.0580. The van der Waals surface area contributed by atoms with E-state index < -0.39 is 5.97 Å². The van der Waals surface area contributed by atoms with Crippen LogP contribution < -0.4 is 4.74 Å². The van der Waals surface area contributed by atoms with Crippen molar-refractivity contribution in [1.82, 2.24) is 19.7 Å². The SMILES string of the molecule is O=C(O)Cn1cc(-c2ccncc2)c(OCc2ccc(-c3ccc4ccccc4n3)cc2)n1. The van der Waals surface area contributed by atoms with Gasteiger partial charge in [0.2, 0.25) is 5.88 Å². The Morgan fingerprint density at radius 3 is 2.48 bits per heavy atom. The maximum absolute atomic E-state index is 11.1. The van der Waals surface area contributed by atoms with E-state index in [-0.39, 0.29) is 6.54 Å². The van der Waals surface area contributed by atoms with Crippen molar-refractivity contribution in [3.05, 3.63) is 97.0 Å². The van der Waals surface area contributed by atoms with Gasteiger partial charge in [0.05, 0.1) is 16.8 Å². The second-order valence-corrected chi connectivity index (χ2v) is 7.55. The normalized spacial score (nSPS) is 10.9. The van der Waals surface area contributed by atoms with Gasteiger partial charge in [0.1, 0.15) is 13.2 Å². The standard InChI is InChI=1S/C26H20N4O3/c31-25(32)16-30-15-22(19-11-13-27-14-12-19)26(29-30)33-17-18-5-7-21(8-6-18)24-10-9-20-3-1-2-4-23(20)28-24/h1-15H,16-17H2,(H,31,32). The second-order valence-electron chi connectivity index (χ2n) is 7.55. The molecular weight excluding hydrogens is 416 g/mol. The summed E-state index contributed by atoms with van der Waals surface area (Å²) in [6.07, 6.45) is 5.02. The fourth-order valence-corrected chi connectivity index (χ4v) is 3.61. The number of hydrogen-bond donors (Lipinski definition) is 1. The van der Waals surface area contributed by atoms with Crippen LogP contribution in [-0.2, 0) is 17.9 Å². The first-order valence-corrected chi connectivity index (χ1v) is 10.4. The number of aromatic nitrogens is 4. The molecule has 33 heavy (non-hydrogen) atoms. The molecule has 0 bridgehead atoms. The average Bonchev–Trinajstić information content (AvgIpc) is 3.25. The molecule has 7 nitrogen and oxygen atoms in total. The van der Waals surface area contributed by atoms with Crippen molar-refractivity contribution in [2.75, 3.05) is 0 Å². The van der Waals surface area contributed by atoms with Crippen LogP contribution in [0.3, 0.4) is 0 Å². The Labute approximate surface area is 189 Å². The highest BCUT2D eigenvalue weighted by Crippen LogP contribution is 2.29. The number of fused-ring (bicyclic) bond motifs is 1. The molecule has 2 aromatic carbocycles. The largest absolute Gasteiger partial charge is 0.480 e. The highest BCUT2D eigenvalue weighted by Gasteiger charge is 2.14. The molecule has 0 aliphatic carbocycles. The summed E-state index contributed by atoms with van der Waals surface area (Å²) in [6, 6.07) is 23.8. The number of rotatable bonds is 7. The molecule has 0 saturated carbocycles. The lowest BCUT2D eigenvalue weighted by atomic mass is 10.1. The fourth-order valence-electron chi connectivity index (χ4n) is 3.61. The zero-order valence-corrected chi connectivity index (χ0v) is 17.6. The van der Waals surface area contributed by atoms with Gasteiger partial charge in [0, 0.05) is 29.5 Å². The average molecular weight is 436 g/mol. The number of carboxylic acid groups (broad SMARTS) is 1. The molecule has 7 heteroatoms. The first-order valence-electron chi connectivity index (χ1n) is 10.4. The van der Waals surface area contributed by atoms with Crippen molar-refractivity contribution < 1.29 is 14.6 Å². The lowest BCUT2D eigenvalue weighted by Crippen LogP contribution is -2.09. The minimum Gasteiger partial charge on any atom is -0.480 e. The van der Waals surface area contributed by atoms with E-state index >= 15 is 0 Å². The van der Waals surface area contributed by atoms with Crippen LogP contribution in [0.25, 0.3) is 33.3 Å². The first-order chi connectivity index (χ1) is 16.2. The molecule has 0 fully saturated rings. The number of carboxylic acids is 1. The smallest absolute Gasteiger partial charge is 0.325 e. The fraction of sp³-hybridized carbons (Fsp3) is 0.0769. The number of carbonyl (C=O) groups is 1. The maximum Gasteiger partial charge on any atom is 0.325 e. The predicted molar refractivity (Wildman–Crippen MR) is 125 cm³/mol. The Morgan fingerprint density at radius 1 is 0.909 bits per heavy atom. The third-order valence-corrected chi connectivity index (χ3v) is 5.24. The van der Waals surface area contributed by atoms with Gasteiger partial charge >= 0.3 is 5.97 Å². The van der Waals surface area contributed by atoms with E-state index in [0.29, 0.717) is 12.5 Å². The summed E-state index contributed by atoms with van der Waals surface area (Å²) in [7, 11) is 0. The van der Waals surface area contributed by atoms with Crippen molar-refractivity contribution in [3.63, 3.8) is 0 Å². The van der Waals surface area contributed by atoms with Gasteiger partial charge in [0.25, 0.3) is 0 Å². The zero-order chi connectivity index (χ0) is 22.6. The van der Waals surface area contributed by atoms with Crippen LogP contribution in [0.4, 0.5) is 0 Å². The zero-order valence-electron chi connectivity index (χ0n) is 17.6. The van der Waals surface area contributed by atoms with Gasteiger partial charge in [-0.25, -0.2) is 4.98 Å². The third kappa shape index (κ3) is 4.57. The Hall–Kier alpha value is -4.52. The van der Waals surface area contributed by atoms with Crippen molar-refractivity contribution in [3.8, 4) is 28.3 Å². The Balaban J connectivity index is 1.35. The number of nitrogens with zero attached hydrogens (tertiary/aromatic N) is 4. The minimum atomic E-state index is -0.969. The van der Waals surface area contributed by atoms with E-state index in [2.05, 4.69) is 16.1 Å². The van der Waals surface area contributed by atoms with Crippen LogP contribution in [0.15, 0.2) is 91.4 Å². The summed E-state index contributed by atoms with van der Waals surface area (Å²) < 4.78 is 7.35. The lowest BCUT2D eigenvalue weighted by molar-refractivity contribution is -0.137. The number of hydrogen-bond acceptors (Lipinski definition) is 5. The van der Waals surface area contributed by atoms with E-state index in [1.165, 1.54) is 4.68 Å². The topological polar surface area (TPSA) is 90.1 Å². The quantitative estimate of drug-likeness (QED) is 0.393. The van der Waals surface area contributed by atoms with E-state index in [1.54, 1.807) is 18.6 Å². The molecule has 0 unspecified atom stereocenters. The third-order valence-electron chi connectivity index (χ3n) is 5.24. The van der Waals surface area contributed by atoms with Crippen molar-refractivity contribution in [2.24, 2.45) is 0 Å². The van der Waals surface area contributed by atoms with Gasteiger partial charge < -0.3 is 9.84 Å². The lowest BCUT2D eigenvalue weighted by Gasteiger charge is -2.08. The Kier molecular flexibility index (Phi) is 5.51. The van der Waals surface area contributed by atoms with E-state index in [4.69, 9.17) is 14.8 Å². The molecular formula is C26H20N4O3. The summed E-state index contributed by atoms with van der Waals surface area (Å²) in [5.74, 6) is -0.592. The Morgan fingerprint density at radius 2 is 1.70 bits per heavy atom. The minimum absolute atomic E-state index is 0.241.